The van der Waals surface area contributed by atoms with Gasteiger partial charge < -0.3 is 4.42 Å². The highest BCUT2D eigenvalue weighted by molar-refractivity contribution is 6.26. The average molecular weight is 521 g/mol. The maximum atomic E-state index is 6.48. The van der Waals surface area contributed by atoms with E-state index in [9.17, 15) is 0 Å². The lowest BCUT2D eigenvalue weighted by Crippen LogP contribution is -1.91. The highest BCUT2D eigenvalue weighted by Gasteiger charge is 2.20. The van der Waals surface area contributed by atoms with Crippen molar-refractivity contribution >= 4 is 65.0 Å². The Morgan fingerprint density at radius 3 is 1.59 bits per heavy atom. The van der Waals surface area contributed by atoms with Crippen molar-refractivity contribution in [2.45, 2.75) is 0 Å². The molecule has 1 aromatic heterocycles. The van der Waals surface area contributed by atoms with Gasteiger partial charge in [0.05, 0.1) is 0 Å². The first-order valence-corrected chi connectivity index (χ1v) is 14.1. The van der Waals surface area contributed by atoms with Gasteiger partial charge in [0.15, 0.2) is 0 Å². The molecule has 0 bridgehead atoms. The zero-order valence-corrected chi connectivity index (χ0v) is 22.3. The van der Waals surface area contributed by atoms with Crippen molar-refractivity contribution in [1.29, 1.82) is 0 Å². The van der Waals surface area contributed by atoms with Crippen LogP contribution in [0.3, 0.4) is 0 Å². The minimum absolute atomic E-state index is 0.916. The number of fused-ring (bicyclic) bond motifs is 7. The molecule has 9 aromatic rings. The van der Waals surface area contributed by atoms with Gasteiger partial charge in [0.2, 0.25) is 0 Å². The molecule has 0 fully saturated rings. The zero-order valence-electron chi connectivity index (χ0n) is 22.3. The van der Waals surface area contributed by atoms with E-state index < -0.39 is 0 Å². The van der Waals surface area contributed by atoms with E-state index in [0.29, 0.717) is 0 Å². The van der Waals surface area contributed by atoms with Crippen molar-refractivity contribution in [2.75, 3.05) is 0 Å². The fourth-order valence-corrected chi connectivity index (χ4v) is 6.79. The third kappa shape index (κ3) is 3.30. The number of hydrogen-bond acceptors (Lipinski definition) is 1. The predicted molar refractivity (Wildman–Crippen MR) is 175 cm³/mol. The van der Waals surface area contributed by atoms with E-state index in [1.165, 1.54) is 70.7 Å². The molecule has 0 unspecified atom stereocenters. The van der Waals surface area contributed by atoms with E-state index >= 15 is 0 Å². The van der Waals surface area contributed by atoms with Gasteiger partial charge in [-0.1, -0.05) is 121 Å². The van der Waals surface area contributed by atoms with Crippen molar-refractivity contribution in [3.05, 3.63) is 146 Å². The molecule has 8 aromatic carbocycles. The standard InChI is InChI=1S/C40H24O/c1-2-11-26-22-29(21-20-25(26)10-1)38-30-14-5-7-16-32(30)39(33-17-8-6-15-31(33)38)34-18-9-19-36-40(34)35-23-27-12-3-4-13-28(27)24-37(35)41-36/h1-24H. The minimum Gasteiger partial charge on any atom is -0.456 e. The summed E-state index contributed by atoms with van der Waals surface area (Å²) in [5.41, 5.74) is 6.81. The average Bonchev–Trinajstić information content (AvgIpc) is 3.40. The van der Waals surface area contributed by atoms with Crippen molar-refractivity contribution in [1.82, 2.24) is 0 Å². The topological polar surface area (TPSA) is 13.1 Å². The molecule has 0 spiro atoms. The van der Waals surface area contributed by atoms with Gasteiger partial charge in [-0.3, -0.25) is 0 Å². The van der Waals surface area contributed by atoms with Crippen molar-refractivity contribution in [2.24, 2.45) is 0 Å². The highest BCUT2D eigenvalue weighted by atomic mass is 16.3. The second kappa shape index (κ2) is 8.55. The fourth-order valence-electron chi connectivity index (χ4n) is 6.79. The summed E-state index contributed by atoms with van der Waals surface area (Å²) in [5, 5.41) is 12.3. The van der Waals surface area contributed by atoms with Crippen LogP contribution in [-0.2, 0) is 0 Å². The molecule has 0 atom stereocenters. The number of rotatable bonds is 2. The Hall–Kier alpha value is -5.40. The molecule has 9 rings (SSSR count). The Kier molecular flexibility index (Phi) is 4.67. The van der Waals surface area contributed by atoms with Crippen molar-refractivity contribution in [3.63, 3.8) is 0 Å². The summed E-state index contributed by atoms with van der Waals surface area (Å²) in [6.45, 7) is 0. The third-order valence-corrected chi connectivity index (χ3v) is 8.60. The van der Waals surface area contributed by atoms with Crippen LogP contribution in [0.1, 0.15) is 0 Å². The monoisotopic (exact) mass is 520 g/mol. The smallest absolute Gasteiger partial charge is 0.136 e. The Morgan fingerprint density at radius 2 is 0.902 bits per heavy atom. The SMILES string of the molecule is c1ccc2cc(-c3c4ccccc4c(-c4cccc5oc6cc7ccccc7cc6c45)c4ccccc34)ccc2c1. The van der Waals surface area contributed by atoms with Gasteiger partial charge >= 0.3 is 0 Å². The first-order chi connectivity index (χ1) is 20.3. The van der Waals surface area contributed by atoms with Gasteiger partial charge in [-0.05, 0) is 89.6 Å². The Labute approximate surface area is 236 Å². The molecular formula is C40H24O. The molecule has 0 saturated heterocycles. The van der Waals surface area contributed by atoms with Gasteiger partial charge in [0, 0.05) is 10.8 Å². The van der Waals surface area contributed by atoms with Crippen LogP contribution in [0.25, 0.3) is 87.3 Å². The highest BCUT2D eigenvalue weighted by Crippen LogP contribution is 2.47. The van der Waals surface area contributed by atoms with E-state index in [1.807, 2.05) is 0 Å². The van der Waals surface area contributed by atoms with Crippen molar-refractivity contribution in [3.8, 4) is 22.3 Å². The van der Waals surface area contributed by atoms with Crippen LogP contribution in [0.15, 0.2) is 150 Å². The normalized spacial score (nSPS) is 11.9. The molecule has 0 amide bonds. The van der Waals surface area contributed by atoms with Crippen LogP contribution < -0.4 is 0 Å². The Balaban J connectivity index is 1.43. The summed E-state index contributed by atoms with van der Waals surface area (Å²) in [6.07, 6.45) is 0. The molecule has 0 aliphatic rings. The van der Waals surface area contributed by atoms with Crippen LogP contribution >= 0.6 is 0 Å². The lowest BCUT2D eigenvalue weighted by atomic mass is 9.84. The van der Waals surface area contributed by atoms with Crippen LogP contribution in [-0.4, -0.2) is 0 Å². The third-order valence-electron chi connectivity index (χ3n) is 8.60. The number of benzene rings is 8. The van der Waals surface area contributed by atoms with E-state index in [4.69, 9.17) is 4.42 Å². The molecule has 0 aliphatic heterocycles. The number of furan rings is 1. The van der Waals surface area contributed by atoms with Crippen LogP contribution in [0.2, 0.25) is 0 Å². The molecule has 1 heteroatoms. The van der Waals surface area contributed by atoms with E-state index in [0.717, 1.165) is 16.6 Å². The van der Waals surface area contributed by atoms with E-state index in [1.54, 1.807) is 0 Å². The van der Waals surface area contributed by atoms with Gasteiger partial charge in [0.1, 0.15) is 11.2 Å². The van der Waals surface area contributed by atoms with E-state index in [-0.39, 0.29) is 0 Å². The summed E-state index contributed by atoms with van der Waals surface area (Å²) < 4.78 is 6.48. The molecular weight excluding hydrogens is 496 g/mol. The van der Waals surface area contributed by atoms with Crippen LogP contribution in [0, 0.1) is 0 Å². The maximum Gasteiger partial charge on any atom is 0.136 e. The molecule has 0 saturated carbocycles. The summed E-state index contributed by atoms with van der Waals surface area (Å²) in [6, 6.07) is 52.6. The summed E-state index contributed by atoms with van der Waals surface area (Å²) in [7, 11) is 0. The van der Waals surface area contributed by atoms with Gasteiger partial charge in [0.25, 0.3) is 0 Å². The molecule has 1 nitrogen and oxygen atoms in total. The quantitative estimate of drug-likeness (QED) is 0.207. The summed E-state index contributed by atoms with van der Waals surface area (Å²) >= 11 is 0. The summed E-state index contributed by atoms with van der Waals surface area (Å²) in [5.74, 6) is 0. The lowest BCUT2D eigenvalue weighted by Gasteiger charge is -2.18. The zero-order chi connectivity index (χ0) is 26.9. The molecule has 0 N–H and O–H groups in total. The van der Waals surface area contributed by atoms with Crippen LogP contribution in [0.5, 0.6) is 0 Å². The maximum absolute atomic E-state index is 6.48. The van der Waals surface area contributed by atoms with Gasteiger partial charge in [-0.15, -0.1) is 0 Å². The molecule has 0 aliphatic carbocycles. The fraction of sp³-hybridized carbons (Fsp3) is 0. The first-order valence-electron chi connectivity index (χ1n) is 14.1. The second-order valence-corrected chi connectivity index (χ2v) is 10.9. The number of hydrogen-bond donors (Lipinski definition) is 0. The van der Waals surface area contributed by atoms with Gasteiger partial charge in [-0.25, -0.2) is 0 Å². The Morgan fingerprint density at radius 1 is 0.341 bits per heavy atom. The molecule has 1 heterocycles. The van der Waals surface area contributed by atoms with E-state index in [2.05, 4.69) is 146 Å². The molecule has 0 radical (unpaired) electrons. The summed E-state index contributed by atoms with van der Waals surface area (Å²) in [4.78, 5) is 0. The van der Waals surface area contributed by atoms with Crippen molar-refractivity contribution < 1.29 is 4.42 Å². The second-order valence-electron chi connectivity index (χ2n) is 10.9. The first kappa shape index (κ1) is 22.4. The predicted octanol–water partition coefficient (Wildman–Crippen LogP) is 11.5. The van der Waals surface area contributed by atoms with Crippen LogP contribution in [0.4, 0.5) is 0 Å². The molecule has 41 heavy (non-hydrogen) atoms. The lowest BCUT2D eigenvalue weighted by molar-refractivity contribution is 0.669. The largest absolute Gasteiger partial charge is 0.456 e. The minimum atomic E-state index is 0.916. The molecule has 190 valence electrons. The van der Waals surface area contributed by atoms with Gasteiger partial charge in [-0.2, -0.15) is 0 Å². The Bertz CT molecular complexity index is 2420.